The first-order valence-corrected chi connectivity index (χ1v) is 7.64. The highest BCUT2D eigenvalue weighted by atomic mass is 32.2. The minimum absolute atomic E-state index is 0.0262. The molecule has 6 heteroatoms. The van der Waals surface area contributed by atoms with E-state index in [2.05, 4.69) is 17.6 Å². The summed E-state index contributed by atoms with van der Waals surface area (Å²) in [7, 11) is 0. The van der Waals surface area contributed by atoms with E-state index in [1.165, 1.54) is 0 Å². The lowest BCUT2D eigenvalue weighted by Crippen LogP contribution is -2.44. The van der Waals surface area contributed by atoms with Crippen LogP contribution in [-0.4, -0.2) is 41.7 Å². The zero-order valence-corrected chi connectivity index (χ0v) is 12.2. The monoisotopic (exact) mass is 276 g/mol. The molecule has 18 heavy (non-hydrogen) atoms. The molecule has 0 aromatic heterocycles. The molecule has 2 unspecified atom stereocenters. The summed E-state index contributed by atoms with van der Waals surface area (Å²) in [5.74, 6) is 0.521. The van der Waals surface area contributed by atoms with Crippen molar-refractivity contribution in [3.8, 4) is 0 Å². The second-order valence-corrected chi connectivity index (χ2v) is 5.41. The van der Waals surface area contributed by atoms with Gasteiger partial charge < -0.3 is 15.7 Å². The predicted molar refractivity (Wildman–Crippen MR) is 75.0 cm³/mol. The van der Waals surface area contributed by atoms with Gasteiger partial charge in [-0.15, -0.1) is 0 Å². The molecule has 5 nitrogen and oxygen atoms in total. The Balaban J connectivity index is 3.97. The van der Waals surface area contributed by atoms with Gasteiger partial charge in [0, 0.05) is 12.6 Å². The van der Waals surface area contributed by atoms with E-state index >= 15 is 0 Å². The van der Waals surface area contributed by atoms with Crippen LogP contribution in [0.2, 0.25) is 0 Å². The van der Waals surface area contributed by atoms with Crippen LogP contribution >= 0.6 is 11.8 Å². The van der Waals surface area contributed by atoms with E-state index < -0.39 is 5.97 Å². The lowest BCUT2D eigenvalue weighted by molar-refractivity contribution is -0.137. The first-order valence-electron chi connectivity index (χ1n) is 6.24. The van der Waals surface area contributed by atoms with Gasteiger partial charge in [0.15, 0.2) is 0 Å². The topological polar surface area (TPSA) is 78.4 Å². The molecule has 0 heterocycles. The smallest absolute Gasteiger partial charge is 0.315 e. The first kappa shape index (κ1) is 17.1. The summed E-state index contributed by atoms with van der Waals surface area (Å²) >= 11 is 1.74. The number of carboxylic acids is 1. The molecule has 0 bridgehead atoms. The number of amides is 2. The van der Waals surface area contributed by atoms with Gasteiger partial charge in [0.2, 0.25) is 0 Å². The Morgan fingerprint density at radius 2 is 2.06 bits per heavy atom. The highest BCUT2D eigenvalue weighted by Crippen LogP contribution is 2.03. The maximum absolute atomic E-state index is 11.6. The SMILES string of the molecule is CCCC(CC(=O)O)NC(=O)NCC(C)CSC. The Kier molecular flexibility index (Phi) is 9.55. The Morgan fingerprint density at radius 1 is 1.39 bits per heavy atom. The highest BCUT2D eigenvalue weighted by Gasteiger charge is 2.15. The molecular formula is C12H24N2O3S. The van der Waals surface area contributed by atoms with E-state index in [0.717, 1.165) is 12.2 Å². The third-order valence-corrected chi connectivity index (χ3v) is 3.36. The molecule has 0 fully saturated rings. The zero-order chi connectivity index (χ0) is 14.0. The third-order valence-electron chi connectivity index (χ3n) is 2.46. The second kappa shape index (κ2) is 10.1. The number of urea groups is 1. The largest absolute Gasteiger partial charge is 0.481 e. The number of aliphatic carboxylic acids is 1. The number of thioether (sulfide) groups is 1. The normalized spacial score (nSPS) is 13.7. The molecule has 0 spiro atoms. The van der Waals surface area contributed by atoms with E-state index in [0.29, 0.717) is 18.9 Å². The van der Waals surface area contributed by atoms with Crippen LogP contribution in [0.5, 0.6) is 0 Å². The molecule has 3 N–H and O–H groups in total. The van der Waals surface area contributed by atoms with Gasteiger partial charge in [0.1, 0.15) is 0 Å². The Morgan fingerprint density at radius 3 is 2.56 bits per heavy atom. The average Bonchev–Trinajstić information content (AvgIpc) is 2.26. The van der Waals surface area contributed by atoms with Gasteiger partial charge in [-0.25, -0.2) is 4.79 Å². The van der Waals surface area contributed by atoms with E-state index in [4.69, 9.17) is 5.11 Å². The molecule has 0 rings (SSSR count). The van der Waals surface area contributed by atoms with Crippen molar-refractivity contribution in [2.45, 2.75) is 39.2 Å². The Labute approximate surface area is 113 Å². The summed E-state index contributed by atoms with van der Waals surface area (Å²) in [6.45, 7) is 4.64. The first-order chi connectivity index (χ1) is 8.49. The van der Waals surface area contributed by atoms with Crippen LogP contribution in [-0.2, 0) is 4.79 Å². The third kappa shape index (κ3) is 9.15. The minimum atomic E-state index is -0.885. The fraction of sp³-hybridized carbons (Fsp3) is 0.833. The van der Waals surface area contributed by atoms with Crippen molar-refractivity contribution in [2.75, 3.05) is 18.6 Å². The number of rotatable bonds is 9. The molecular weight excluding hydrogens is 252 g/mol. The van der Waals surface area contributed by atoms with Crippen LogP contribution in [0, 0.1) is 5.92 Å². The quantitative estimate of drug-likeness (QED) is 0.601. The molecule has 2 amide bonds. The van der Waals surface area contributed by atoms with Crippen LogP contribution in [0.15, 0.2) is 0 Å². The summed E-state index contributed by atoms with van der Waals surface area (Å²) in [6.07, 6.45) is 3.53. The lowest BCUT2D eigenvalue weighted by atomic mass is 10.1. The molecule has 0 saturated heterocycles. The molecule has 0 aliphatic rings. The summed E-state index contributed by atoms with van der Waals surface area (Å²) in [6, 6.07) is -0.564. The van der Waals surface area contributed by atoms with Gasteiger partial charge in [-0.1, -0.05) is 20.3 Å². The number of carbonyl (C=O) groups excluding carboxylic acids is 1. The van der Waals surface area contributed by atoms with Gasteiger partial charge in [-0.05, 0) is 24.3 Å². The Hall–Kier alpha value is -0.910. The number of hydrogen-bond donors (Lipinski definition) is 3. The summed E-state index contributed by atoms with van der Waals surface area (Å²) in [5.41, 5.74) is 0. The Bertz CT molecular complexity index is 262. The highest BCUT2D eigenvalue weighted by molar-refractivity contribution is 7.98. The van der Waals surface area contributed by atoms with E-state index in [9.17, 15) is 9.59 Å². The number of nitrogens with one attached hydrogen (secondary N) is 2. The maximum Gasteiger partial charge on any atom is 0.315 e. The zero-order valence-electron chi connectivity index (χ0n) is 11.4. The molecule has 0 aromatic carbocycles. The molecule has 0 aromatic rings. The van der Waals surface area contributed by atoms with Crippen molar-refractivity contribution in [3.63, 3.8) is 0 Å². The number of carbonyl (C=O) groups is 2. The van der Waals surface area contributed by atoms with Crippen LogP contribution in [0.25, 0.3) is 0 Å². The van der Waals surface area contributed by atoms with Gasteiger partial charge in [-0.3, -0.25) is 4.79 Å². The van der Waals surface area contributed by atoms with E-state index in [-0.39, 0.29) is 18.5 Å². The molecule has 0 radical (unpaired) electrons. The van der Waals surface area contributed by atoms with E-state index in [1.54, 1.807) is 11.8 Å². The van der Waals surface area contributed by atoms with Crippen molar-refractivity contribution < 1.29 is 14.7 Å². The van der Waals surface area contributed by atoms with Crippen molar-refractivity contribution >= 4 is 23.8 Å². The fourth-order valence-corrected chi connectivity index (χ4v) is 2.32. The van der Waals surface area contributed by atoms with Crippen molar-refractivity contribution in [3.05, 3.63) is 0 Å². The van der Waals surface area contributed by atoms with Crippen molar-refractivity contribution in [1.82, 2.24) is 10.6 Å². The number of carboxylic acid groups (broad SMARTS) is 1. The van der Waals surface area contributed by atoms with Crippen LogP contribution in [0.1, 0.15) is 33.1 Å². The van der Waals surface area contributed by atoms with Gasteiger partial charge in [0.25, 0.3) is 0 Å². The molecule has 2 atom stereocenters. The maximum atomic E-state index is 11.6. The fourth-order valence-electron chi connectivity index (χ4n) is 1.63. The van der Waals surface area contributed by atoms with E-state index in [1.807, 2.05) is 13.2 Å². The van der Waals surface area contributed by atoms with Gasteiger partial charge in [-0.2, -0.15) is 11.8 Å². The molecule has 0 aliphatic carbocycles. The second-order valence-electron chi connectivity index (χ2n) is 4.50. The summed E-state index contributed by atoms with van der Waals surface area (Å²) in [4.78, 5) is 22.2. The molecule has 0 saturated carbocycles. The summed E-state index contributed by atoms with van der Waals surface area (Å²) in [5, 5.41) is 14.2. The predicted octanol–water partition coefficient (Wildman–Crippen LogP) is 1.93. The summed E-state index contributed by atoms with van der Waals surface area (Å²) < 4.78 is 0. The molecule has 106 valence electrons. The average molecular weight is 276 g/mol. The van der Waals surface area contributed by atoms with Crippen molar-refractivity contribution in [2.24, 2.45) is 5.92 Å². The standard InChI is InChI=1S/C12H24N2O3S/c1-4-5-10(6-11(15)16)14-12(17)13-7-9(2)8-18-3/h9-10H,4-8H2,1-3H3,(H,15,16)(H2,13,14,17). The molecule has 0 aliphatic heterocycles. The van der Waals surface area contributed by atoms with Gasteiger partial charge >= 0.3 is 12.0 Å². The number of hydrogen-bond acceptors (Lipinski definition) is 3. The lowest BCUT2D eigenvalue weighted by Gasteiger charge is -2.18. The van der Waals surface area contributed by atoms with Crippen LogP contribution in [0.4, 0.5) is 4.79 Å². The van der Waals surface area contributed by atoms with Crippen LogP contribution < -0.4 is 10.6 Å². The minimum Gasteiger partial charge on any atom is -0.481 e. The van der Waals surface area contributed by atoms with Gasteiger partial charge in [0.05, 0.1) is 6.42 Å². The van der Waals surface area contributed by atoms with Crippen LogP contribution in [0.3, 0.4) is 0 Å². The van der Waals surface area contributed by atoms with Crippen molar-refractivity contribution in [1.29, 1.82) is 0 Å².